The van der Waals surface area contributed by atoms with Gasteiger partial charge in [0, 0.05) is 42.8 Å². The molecule has 0 aromatic heterocycles. The maximum Gasteiger partial charge on any atom is 0.317 e. The third kappa shape index (κ3) is 4.30. The van der Waals surface area contributed by atoms with E-state index < -0.39 is 0 Å². The number of halogens is 2. The number of phenols is 1. The van der Waals surface area contributed by atoms with Crippen molar-refractivity contribution < 1.29 is 9.90 Å². The van der Waals surface area contributed by atoms with Crippen LogP contribution in [0.15, 0.2) is 42.5 Å². The molecule has 1 saturated heterocycles. The van der Waals surface area contributed by atoms with Crippen molar-refractivity contribution in [2.75, 3.05) is 31.1 Å². The average molecular weight is 380 g/mol. The van der Waals surface area contributed by atoms with Gasteiger partial charge >= 0.3 is 6.03 Å². The molecule has 1 aliphatic rings. The second kappa shape index (κ2) is 7.85. The molecule has 7 heteroatoms. The van der Waals surface area contributed by atoms with Crippen LogP contribution in [0.1, 0.15) is 5.56 Å². The number of phenolic OH excluding ortho intramolecular Hbond substituents is 1. The number of anilines is 1. The Bertz CT molecular complexity index is 762. The number of hydrogen-bond donors (Lipinski definition) is 2. The minimum absolute atomic E-state index is 0.122. The number of carbonyl (C=O) groups excluding carboxylic acids is 1. The Balaban J connectivity index is 1.52. The zero-order valence-electron chi connectivity index (χ0n) is 13.6. The van der Waals surface area contributed by atoms with Crippen molar-refractivity contribution in [2.45, 2.75) is 6.54 Å². The van der Waals surface area contributed by atoms with Gasteiger partial charge in [-0.1, -0.05) is 41.4 Å². The Morgan fingerprint density at radius 1 is 1.08 bits per heavy atom. The lowest BCUT2D eigenvalue weighted by molar-refractivity contribution is 0.194. The van der Waals surface area contributed by atoms with Gasteiger partial charge in [0.25, 0.3) is 0 Å². The minimum atomic E-state index is -0.122. The fourth-order valence-electron chi connectivity index (χ4n) is 2.83. The van der Waals surface area contributed by atoms with Gasteiger partial charge in [-0.3, -0.25) is 0 Å². The highest BCUT2D eigenvalue weighted by molar-refractivity contribution is 6.35. The van der Waals surface area contributed by atoms with E-state index in [-0.39, 0.29) is 11.8 Å². The van der Waals surface area contributed by atoms with E-state index in [1.54, 1.807) is 35.2 Å². The standard InChI is InChI=1S/C18H19Cl2N3O2/c19-14-6-5-13(15(20)11-14)12-21-18(25)23-9-7-22(8-10-23)16-3-1-2-4-17(16)24/h1-6,11,24H,7-10,12H2,(H,21,25). The zero-order valence-corrected chi connectivity index (χ0v) is 15.1. The SMILES string of the molecule is O=C(NCc1ccc(Cl)cc1Cl)N1CCN(c2ccccc2O)CC1. The molecule has 25 heavy (non-hydrogen) atoms. The van der Waals surface area contributed by atoms with Gasteiger partial charge in [-0.15, -0.1) is 0 Å². The number of aromatic hydroxyl groups is 1. The molecule has 2 N–H and O–H groups in total. The first-order valence-corrected chi connectivity index (χ1v) is 8.80. The molecule has 0 saturated carbocycles. The number of piperazine rings is 1. The third-order valence-electron chi connectivity index (χ3n) is 4.23. The van der Waals surface area contributed by atoms with Crippen LogP contribution in [0.3, 0.4) is 0 Å². The predicted octanol–water partition coefficient (Wildman–Crippen LogP) is 3.73. The quantitative estimate of drug-likeness (QED) is 0.853. The minimum Gasteiger partial charge on any atom is -0.506 e. The number of nitrogens with one attached hydrogen (secondary N) is 1. The van der Waals surface area contributed by atoms with Crippen LogP contribution in [0.5, 0.6) is 5.75 Å². The molecular weight excluding hydrogens is 361 g/mol. The van der Waals surface area contributed by atoms with Gasteiger partial charge in [-0.2, -0.15) is 0 Å². The van der Waals surface area contributed by atoms with Gasteiger partial charge in [0.2, 0.25) is 0 Å². The Labute approximate surface area is 156 Å². The van der Waals surface area contributed by atoms with Crippen molar-refractivity contribution in [2.24, 2.45) is 0 Å². The molecule has 0 spiro atoms. The van der Waals surface area contributed by atoms with Crippen molar-refractivity contribution in [1.82, 2.24) is 10.2 Å². The second-order valence-electron chi connectivity index (χ2n) is 5.86. The molecule has 1 heterocycles. The fraction of sp³-hybridized carbons (Fsp3) is 0.278. The van der Waals surface area contributed by atoms with Crippen LogP contribution in [0, 0.1) is 0 Å². The van der Waals surface area contributed by atoms with Gasteiger partial charge in [0.15, 0.2) is 0 Å². The van der Waals surface area contributed by atoms with Gasteiger partial charge in [0.05, 0.1) is 5.69 Å². The Morgan fingerprint density at radius 2 is 1.80 bits per heavy atom. The number of hydrogen-bond acceptors (Lipinski definition) is 3. The maximum atomic E-state index is 12.3. The summed E-state index contributed by atoms with van der Waals surface area (Å²) in [5.41, 5.74) is 1.63. The highest BCUT2D eigenvalue weighted by atomic mass is 35.5. The number of benzene rings is 2. The van der Waals surface area contributed by atoms with Crippen molar-refractivity contribution in [3.8, 4) is 5.75 Å². The van der Waals surface area contributed by atoms with Gasteiger partial charge < -0.3 is 20.2 Å². The van der Waals surface area contributed by atoms with Crippen LogP contribution >= 0.6 is 23.2 Å². The molecule has 1 fully saturated rings. The molecule has 0 aliphatic carbocycles. The molecule has 2 aromatic rings. The highest BCUT2D eigenvalue weighted by Crippen LogP contribution is 2.27. The second-order valence-corrected chi connectivity index (χ2v) is 6.70. The van der Waals surface area contributed by atoms with Crippen LogP contribution in [0.25, 0.3) is 0 Å². The molecule has 0 atom stereocenters. The lowest BCUT2D eigenvalue weighted by Gasteiger charge is -2.36. The normalized spacial score (nSPS) is 14.5. The monoisotopic (exact) mass is 379 g/mol. The fourth-order valence-corrected chi connectivity index (χ4v) is 3.31. The number of urea groups is 1. The van der Waals surface area contributed by atoms with E-state index in [4.69, 9.17) is 23.2 Å². The average Bonchev–Trinajstić information content (AvgIpc) is 2.61. The highest BCUT2D eigenvalue weighted by Gasteiger charge is 2.22. The smallest absolute Gasteiger partial charge is 0.317 e. The van der Waals surface area contributed by atoms with E-state index in [0.717, 1.165) is 11.3 Å². The number of para-hydroxylation sites is 2. The molecule has 1 aliphatic heterocycles. The number of rotatable bonds is 3. The predicted molar refractivity (Wildman–Crippen MR) is 101 cm³/mol. The van der Waals surface area contributed by atoms with Gasteiger partial charge in [0.1, 0.15) is 5.75 Å². The van der Waals surface area contributed by atoms with E-state index in [9.17, 15) is 9.90 Å². The van der Waals surface area contributed by atoms with Crippen LogP contribution in [0.2, 0.25) is 10.0 Å². The summed E-state index contributed by atoms with van der Waals surface area (Å²) < 4.78 is 0. The lowest BCUT2D eigenvalue weighted by Crippen LogP contribution is -2.51. The lowest BCUT2D eigenvalue weighted by atomic mass is 10.2. The van der Waals surface area contributed by atoms with Crippen LogP contribution < -0.4 is 10.2 Å². The summed E-state index contributed by atoms with van der Waals surface area (Å²) in [7, 11) is 0. The number of carbonyl (C=O) groups is 1. The summed E-state index contributed by atoms with van der Waals surface area (Å²) in [5.74, 6) is 0.262. The van der Waals surface area contributed by atoms with E-state index >= 15 is 0 Å². The molecule has 2 aromatic carbocycles. The molecule has 0 bridgehead atoms. The van der Waals surface area contributed by atoms with Crippen molar-refractivity contribution >= 4 is 34.9 Å². The molecule has 2 amide bonds. The van der Waals surface area contributed by atoms with Gasteiger partial charge in [-0.05, 0) is 29.8 Å². The van der Waals surface area contributed by atoms with Crippen LogP contribution in [-0.4, -0.2) is 42.2 Å². The summed E-state index contributed by atoms with van der Waals surface area (Å²) in [6.45, 7) is 2.89. The van der Waals surface area contributed by atoms with E-state index in [2.05, 4.69) is 10.2 Å². The molecular formula is C18H19Cl2N3O2. The molecule has 132 valence electrons. The van der Waals surface area contributed by atoms with Crippen molar-refractivity contribution in [3.63, 3.8) is 0 Å². The van der Waals surface area contributed by atoms with Crippen LogP contribution in [-0.2, 0) is 6.54 Å². The first-order chi connectivity index (χ1) is 12.0. The Morgan fingerprint density at radius 3 is 2.48 bits per heavy atom. The Kier molecular flexibility index (Phi) is 5.56. The summed E-state index contributed by atoms with van der Waals surface area (Å²) >= 11 is 12.0. The Hall–Kier alpha value is -2.11. The molecule has 0 radical (unpaired) electrons. The largest absolute Gasteiger partial charge is 0.506 e. The molecule has 0 unspecified atom stereocenters. The zero-order chi connectivity index (χ0) is 17.8. The number of nitrogens with zero attached hydrogens (tertiary/aromatic N) is 2. The third-order valence-corrected chi connectivity index (χ3v) is 4.82. The summed E-state index contributed by atoms with van der Waals surface area (Å²) in [4.78, 5) is 16.2. The summed E-state index contributed by atoms with van der Waals surface area (Å²) in [6.07, 6.45) is 0. The summed E-state index contributed by atoms with van der Waals surface area (Å²) in [6, 6.07) is 12.3. The van der Waals surface area contributed by atoms with Gasteiger partial charge in [-0.25, -0.2) is 4.79 Å². The van der Waals surface area contributed by atoms with E-state index in [1.807, 2.05) is 12.1 Å². The number of amides is 2. The first kappa shape index (κ1) is 17.7. The maximum absolute atomic E-state index is 12.3. The molecule has 3 rings (SSSR count). The van der Waals surface area contributed by atoms with Crippen molar-refractivity contribution in [1.29, 1.82) is 0 Å². The molecule has 5 nitrogen and oxygen atoms in total. The first-order valence-electron chi connectivity index (χ1n) is 8.04. The van der Waals surface area contributed by atoms with E-state index in [1.165, 1.54) is 0 Å². The summed E-state index contributed by atoms with van der Waals surface area (Å²) in [5, 5.41) is 13.9. The van der Waals surface area contributed by atoms with Crippen molar-refractivity contribution in [3.05, 3.63) is 58.1 Å². The topological polar surface area (TPSA) is 55.8 Å². The van der Waals surface area contributed by atoms with E-state index in [0.29, 0.717) is 42.8 Å². The van der Waals surface area contributed by atoms with Crippen LogP contribution in [0.4, 0.5) is 10.5 Å².